The van der Waals surface area contributed by atoms with Crippen LogP contribution in [0.1, 0.15) is 239 Å². The number of carbonyl (C=O) groups is 10. The molecule has 0 aromatic rings. The van der Waals surface area contributed by atoms with E-state index in [1.54, 1.807) is 0 Å². The summed E-state index contributed by atoms with van der Waals surface area (Å²) in [6.07, 6.45) is 16.0. The Kier molecular flexibility index (Phi) is 19.0. The van der Waals surface area contributed by atoms with Crippen molar-refractivity contribution >= 4 is 59.3 Å². The number of hydrogen-bond acceptors (Lipinski definition) is 18. The highest BCUT2D eigenvalue weighted by atomic mass is 16.6. The molecule has 0 N–H and O–H groups in total. The highest BCUT2D eigenvalue weighted by Crippen LogP contribution is 2.72. The molecule has 14 bridgehead atoms. The van der Waals surface area contributed by atoms with E-state index in [2.05, 4.69) is 0 Å². The van der Waals surface area contributed by atoms with Crippen molar-refractivity contribution in [1.82, 2.24) is 0 Å². The normalized spacial score (nSPS) is 39.2. The molecule has 0 aromatic carbocycles. The van der Waals surface area contributed by atoms with Crippen molar-refractivity contribution in [2.75, 3.05) is 13.2 Å². The van der Waals surface area contributed by atoms with Gasteiger partial charge in [0.05, 0.1) is 46.0 Å². The molecule has 18 nitrogen and oxygen atoms in total. The lowest BCUT2D eigenvalue weighted by Crippen LogP contribution is -2.49. The summed E-state index contributed by atoms with van der Waals surface area (Å²) in [7, 11) is 0. The molecular weight excluding hydrogens is 1160 g/mol. The van der Waals surface area contributed by atoms with Gasteiger partial charge in [0.2, 0.25) is 0 Å². The fourth-order valence-corrected chi connectivity index (χ4v) is 19.2. The smallest absolute Gasteiger partial charge is 0.344 e. The second-order valence-corrected chi connectivity index (χ2v) is 33.8. The molecule has 91 heavy (non-hydrogen) atoms. The summed E-state index contributed by atoms with van der Waals surface area (Å²) >= 11 is 0. The largest absolute Gasteiger partial charge is 0.465 e. The Morgan fingerprint density at radius 2 is 1.21 bits per heavy atom. The van der Waals surface area contributed by atoms with Crippen molar-refractivity contribution < 1.29 is 85.8 Å². The Morgan fingerprint density at radius 3 is 1.86 bits per heavy atom. The molecule has 0 spiro atoms. The van der Waals surface area contributed by atoms with Gasteiger partial charge in [-0.05, 0) is 205 Å². The lowest BCUT2D eigenvalue weighted by atomic mass is 9.63. The maximum absolute atomic E-state index is 12.8. The summed E-state index contributed by atoms with van der Waals surface area (Å²) in [5.74, 6) is 3.72. The van der Waals surface area contributed by atoms with Gasteiger partial charge in [0.15, 0.2) is 18.0 Å². The number of hydrogen-bond donors (Lipinski definition) is 0. The molecule has 508 valence electrons. The van der Waals surface area contributed by atoms with E-state index in [9.17, 15) is 47.9 Å². The summed E-state index contributed by atoms with van der Waals surface area (Å²) in [6.45, 7) is 29.2. The molecule has 15 aliphatic rings. The Balaban J connectivity index is 0.000000135. The van der Waals surface area contributed by atoms with Crippen molar-refractivity contribution in [3.8, 4) is 0 Å². The molecule has 0 radical (unpaired) electrons. The summed E-state index contributed by atoms with van der Waals surface area (Å²) in [6, 6.07) is 0. The number of fused-ring (bicyclic) bond motifs is 16. The van der Waals surface area contributed by atoms with E-state index in [1.165, 1.54) is 0 Å². The van der Waals surface area contributed by atoms with E-state index < -0.39 is 44.2 Å². The molecule has 9 aliphatic carbocycles. The van der Waals surface area contributed by atoms with Crippen molar-refractivity contribution in [1.29, 1.82) is 0 Å². The van der Waals surface area contributed by atoms with Crippen LogP contribution in [0.25, 0.3) is 0 Å². The maximum Gasteiger partial charge on any atom is 0.344 e. The first kappa shape index (κ1) is 68.9. The Morgan fingerprint density at radius 1 is 0.560 bits per heavy atom. The third-order valence-corrected chi connectivity index (χ3v) is 26.8. The van der Waals surface area contributed by atoms with Gasteiger partial charge in [0.25, 0.3) is 0 Å². The third kappa shape index (κ3) is 12.5. The number of ketones is 2. The zero-order chi connectivity index (χ0) is 66.5. The predicted octanol–water partition coefficient (Wildman–Crippen LogP) is 12.0. The van der Waals surface area contributed by atoms with E-state index in [-0.39, 0.29) is 108 Å². The average Bonchev–Trinajstić information content (AvgIpc) is 1.53. The van der Waals surface area contributed by atoms with Gasteiger partial charge in [0, 0.05) is 48.3 Å². The average molecular weight is 1270 g/mol. The van der Waals surface area contributed by atoms with Gasteiger partial charge in [0.1, 0.15) is 35.8 Å². The van der Waals surface area contributed by atoms with Crippen LogP contribution in [0.15, 0.2) is 0 Å². The van der Waals surface area contributed by atoms with Crippen LogP contribution < -0.4 is 0 Å². The van der Waals surface area contributed by atoms with Gasteiger partial charge >= 0.3 is 47.8 Å². The van der Waals surface area contributed by atoms with E-state index >= 15 is 0 Å². The zero-order valence-corrected chi connectivity index (χ0v) is 57.4. The monoisotopic (exact) mass is 1270 g/mol. The minimum absolute atomic E-state index is 0.0146. The van der Waals surface area contributed by atoms with Crippen LogP contribution >= 0.6 is 0 Å². The van der Waals surface area contributed by atoms with Gasteiger partial charge in [-0.25, -0.2) is 4.79 Å². The number of ether oxygens (including phenoxy) is 8. The molecule has 20 unspecified atom stereocenters. The summed E-state index contributed by atoms with van der Waals surface area (Å²) in [4.78, 5) is 122. The summed E-state index contributed by atoms with van der Waals surface area (Å²) in [5, 5.41) is 0. The first-order valence-electron chi connectivity index (χ1n) is 35.2. The number of Topliss-reactive ketones (excluding diaryl/α,β-unsaturated/α-hetero) is 2. The van der Waals surface area contributed by atoms with Gasteiger partial charge in [-0.3, -0.25) is 43.2 Å². The highest BCUT2D eigenvalue weighted by molar-refractivity contribution is 5.97. The Bertz CT molecular complexity index is 2880. The maximum atomic E-state index is 12.8. The Hall–Kier alpha value is -4.90. The van der Waals surface area contributed by atoms with E-state index in [1.807, 2.05) is 104 Å². The first-order chi connectivity index (χ1) is 42.5. The van der Waals surface area contributed by atoms with Crippen LogP contribution in [0.3, 0.4) is 0 Å². The van der Waals surface area contributed by atoms with Gasteiger partial charge in [-0.15, -0.1) is 0 Å². The van der Waals surface area contributed by atoms with Crippen LogP contribution in [0.2, 0.25) is 0 Å². The van der Waals surface area contributed by atoms with Crippen LogP contribution in [-0.2, 0) is 85.8 Å². The molecule has 0 amide bonds. The van der Waals surface area contributed by atoms with Crippen LogP contribution in [-0.4, -0.2) is 108 Å². The Labute approximate surface area is 539 Å². The SMILES string of the molecule is CCC(C)(C)C(=O)CCCC(=O)C12CCC(C)(C(=O)O1)C2(C)C.CCC(C)(C)C(=O)OC12CC3CC(C1)OC(=O)C(C3)C2.CCC(C)(C)C(=O)OC1C2CC3CC(C2)C(=O)OC1C3.CCC(C)(C)C(=O)OCC(=O)OC1CC2CC1C1C3CC(C4C(=O)OCC34)C21. The van der Waals surface area contributed by atoms with E-state index in [0.29, 0.717) is 117 Å². The summed E-state index contributed by atoms with van der Waals surface area (Å²) < 4.78 is 44.8. The number of esters is 8. The number of rotatable bonds is 18. The number of carbonyl (C=O) groups excluding carboxylic acids is 10. The quantitative estimate of drug-likeness (QED) is 0.0703. The molecular formula is C73H108O18. The molecule has 6 saturated heterocycles. The standard InChI is InChI=1S/C22H30O6.C19H30O4.2C16H24O4/c1-4-22(2,3)21(25)27-9-16(23)28-15-6-10-5-12(15)18-11-7-13(17(10)18)19-14(11)8-26-20(19)24;1-7-16(2,3)13(20)9-8-10-14(21)19-12-11-18(6,15(22)23-19)17(19,4)5;1-4-15(2,3)14(18)20-16-7-10-5-11(8-16)13(17)19-12(6-10)9-16;1-4-16(2,3)15(18)20-13-10-5-9-6-11(8-10)14(17)19-12(13)7-9/h10-15,17-19H,4-9H2,1-3H3;7-12H2,1-6H3;10-12H,4-9H2,1-3H3;9-13H,4-8H2,1-3H3. The first-order valence-corrected chi connectivity index (χ1v) is 35.2. The topological polar surface area (TPSA) is 245 Å². The molecule has 20 atom stereocenters. The second kappa shape index (κ2) is 25.0. The zero-order valence-electron chi connectivity index (χ0n) is 57.4. The predicted molar refractivity (Wildman–Crippen MR) is 331 cm³/mol. The third-order valence-electron chi connectivity index (χ3n) is 26.8. The van der Waals surface area contributed by atoms with Crippen LogP contribution in [0.4, 0.5) is 0 Å². The number of cyclic esters (lactones) is 1. The van der Waals surface area contributed by atoms with Crippen LogP contribution in [0, 0.1) is 109 Å². The molecule has 6 aliphatic heterocycles. The molecule has 15 rings (SSSR count). The van der Waals surface area contributed by atoms with Crippen molar-refractivity contribution in [2.45, 2.75) is 274 Å². The minimum atomic E-state index is -0.984. The second-order valence-electron chi connectivity index (χ2n) is 33.8. The lowest BCUT2D eigenvalue weighted by molar-refractivity contribution is -0.184. The fraction of sp³-hybridized carbons (Fsp3) is 0.863. The molecule has 0 aromatic heterocycles. The van der Waals surface area contributed by atoms with E-state index in [0.717, 1.165) is 83.5 Å². The van der Waals surface area contributed by atoms with Crippen LogP contribution in [0.5, 0.6) is 0 Å². The van der Waals surface area contributed by atoms with Crippen molar-refractivity contribution in [3.63, 3.8) is 0 Å². The van der Waals surface area contributed by atoms with Gasteiger partial charge < -0.3 is 37.9 Å². The van der Waals surface area contributed by atoms with E-state index in [4.69, 9.17) is 37.9 Å². The molecule has 15 fully saturated rings. The minimum Gasteiger partial charge on any atom is -0.465 e. The fourth-order valence-electron chi connectivity index (χ4n) is 19.2. The highest BCUT2D eigenvalue weighted by Gasteiger charge is 2.75. The lowest BCUT2D eigenvalue weighted by Gasteiger charge is -2.46. The molecule has 9 saturated carbocycles. The molecule has 6 heterocycles. The van der Waals surface area contributed by atoms with Gasteiger partial charge in [-0.2, -0.15) is 0 Å². The van der Waals surface area contributed by atoms with Crippen molar-refractivity contribution in [2.24, 2.45) is 109 Å². The summed E-state index contributed by atoms with van der Waals surface area (Å²) in [5.41, 5.74) is -4.32. The van der Waals surface area contributed by atoms with Crippen molar-refractivity contribution in [3.05, 3.63) is 0 Å². The van der Waals surface area contributed by atoms with Gasteiger partial charge in [-0.1, -0.05) is 55.4 Å². The molecule has 18 heteroatoms.